The first-order valence-corrected chi connectivity index (χ1v) is 10.3. The second-order valence-corrected chi connectivity index (χ2v) is 10.1. The third kappa shape index (κ3) is 3.11. The van der Waals surface area contributed by atoms with Crippen LogP contribution in [0.2, 0.25) is 13.1 Å². The van der Waals surface area contributed by atoms with Gasteiger partial charge in [0, 0.05) is 18.8 Å². The Morgan fingerprint density at radius 3 is 2.47 bits per heavy atom. The van der Waals surface area contributed by atoms with Crippen molar-refractivity contribution in [2.24, 2.45) is 23.2 Å². The minimum absolute atomic E-state index is 0.0173. The van der Waals surface area contributed by atoms with Crippen molar-refractivity contribution in [3.8, 4) is 0 Å². The van der Waals surface area contributed by atoms with Crippen LogP contribution in [-0.2, 0) is 9.22 Å². The van der Waals surface area contributed by atoms with Crippen LogP contribution in [0, 0.1) is 23.2 Å². The largest absolute Gasteiger partial charge is 0.417 e. The standard InChI is InChI=1S/C15H28O3Si/c1-15(2,3)14(18-19(4)5)13-11-8-10(16)6-9(11)7-12(13)17/h9,11-14,17,19H,6-8H2,1-5H3/t9-,11-,12+,13+,14?/m0/s1. The maximum absolute atomic E-state index is 11.7. The lowest BCUT2D eigenvalue weighted by molar-refractivity contribution is -0.118. The summed E-state index contributed by atoms with van der Waals surface area (Å²) in [6.45, 7) is 10.9. The van der Waals surface area contributed by atoms with Crippen molar-refractivity contribution in [1.29, 1.82) is 0 Å². The summed E-state index contributed by atoms with van der Waals surface area (Å²) in [7, 11) is -1.16. The third-order valence-corrected chi connectivity index (χ3v) is 5.50. The molecule has 0 aromatic heterocycles. The van der Waals surface area contributed by atoms with E-state index < -0.39 is 9.04 Å². The van der Waals surface area contributed by atoms with Crippen LogP contribution >= 0.6 is 0 Å². The zero-order valence-corrected chi connectivity index (χ0v) is 14.0. The van der Waals surface area contributed by atoms with Gasteiger partial charge in [-0.25, -0.2) is 0 Å². The summed E-state index contributed by atoms with van der Waals surface area (Å²) in [5.74, 6) is 1.27. The Bertz CT molecular complexity index is 348. The van der Waals surface area contributed by atoms with E-state index in [1.807, 2.05) is 0 Å². The lowest BCUT2D eigenvalue weighted by atomic mass is 9.75. The minimum atomic E-state index is -1.16. The first-order chi connectivity index (χ1) is 8.70. The van der Waals surface area contributed by atoms with Crippen LogP contribution in [0.4, 0.5) is 0 Å². The van der Waals surface area contributed by atoms with Crippen molar-refractivity contribution in [3.63, 3.8) is 0 Å². The van der Waals surface area contributed by atoms with Gasteiger partial charge in [0.15, 0.2) is 9.04 Å². The summed E-state index contributed by atoms with van der Waals surface area (Å²) in [6, 6.07) is 0. The van der Waals surface area contributed by atoms with Gasteiger partial charge < -0.3 is 9.53 Å². The third-order valence-electron chi connectivity index (χ3n) is 4.66. The first-order valence-electron chi connectivity index (χ1n) is 7.55. The molecule has 3 nitrogen and oxygen atoms in total. The summed E-state index contributed by atoms with van der Waals surface area (Å²) in [5.41, 5.74) is 0.0173. The lowest BCUT2D eigenvalue weighted by Gasteiger charge is -2.40. The van der Waals surface area contributed by atoms with Crippen LogP contribution in [0.15, 0.2) is 0 Å². The molecule has 0 aromatic carbocycles. The highest BCUT2D eigenvalue weighted by molar-refractivity contribution is 6.48. The first kappa shape index (κ1) is 15.2. The SMILES string of the molecule is C[SiH](C)OC([C@@H]1[C@H]2CC(=O)C[C@H]2C[C@H]1O)C(C)(C)C. The van der Waals surface area contributed by atoms with Crippen molar-refractivity contribution in [2.75, 3.05) is 0 Å². The second kappa shape index (κ2) is 5.30. The van der Waals surface area contributed by atoms with Gasteiger partial charge in [-0.2, -0.15) is 0 Å². The van der Waals surface area contributed by atoms with E-state index in [2.05, 4.69) is 33.9 Å². The molecule has 1 N–H and O–H groups in total. The molecule has 0 radical (unpaired) electrons. The highest BCUT2D eigenvalue weighted by Crippen LogP contribution is 2.50. The topological polar surface area (TPSA) is 46.5 Å². The highest BCUT2D eigenvalue weighted by atomic mass is 28.3. The number of aliphatic hydroxyl groups is 1. The molecule has 1 unspecified atom stereocenters. The molecular weight excluding hydrogens is 256 g/mol. The fourth-order valence-electron chi connectivity index (χ4n) is 4.01. The maximum atomic E-state index is 11.7. The number of carbonyl (C=O) groups excluding carboxylic acids is 1. The Morgan fingerprint density at radius 1 is 1.32 bits per heavy atom. The van der Waals surface area contributed by atoms with Crippen molar-refractivity contribution in [1.82, 2.24) is 0 Å². The molecular formula is C15H28O3Si. The van der Waals surface area contributed by atoms with E-state index in [1.54, 1.807) is 0 Å². The molecule has 2 rings (SSSR count). The molecule has 0 bridgehead atoms. The zero-order valence-electron chi connectivity index (χ0n) is 12.8. The van der Waals surface area contributed by atoms with Crippen molar-refractivity contribution >= 4 is 14.8 Å². The highest BCUT2D eigenvalue weighted by Gasteiger charge is 2.53. The number of hydrogen-bond acceptors (Lipinski definition) is 3. The molecule has 0 saturated heterocycles. The van der Waals surface area contributed by atoms with Crippen molar-refractivity contribution < 1.29 is 14.3 Å². The predicted octanol–water partition coefficient (Wildman–Crippen LogP) is 2.38. The molecule has 19 heavy (non-hydrogen) atoms. The van der Waals surface area contributed by atoms with Crippen LogP contribution in [0.1, 0.15) is 40.0 Å². The van der Waals surface area contributed by atoms with E-state index in [-0.39, 0.29) is 23.5 Å². The number of rotatable bonds is 3. The Labute approximate surface area is 118 Å². The van der Waals surface area contributed by atoms with E-state index in [0.29, 0.717) is 30.5 Å². The second-order valence-electron chi connectivity index (χ2n) is 7.72. The summed E-state index contributed by atoms with van der Waals surface area (Å²) in [4.78, 5) is 11.7. The van der Waals surface area contributed by atoms with E-state index >= 15 is 0 Å². The molecule has 4 heteroatoms. The van der Waals surface area contributed by atoms with Gasteiger partial charge in [0.2, 0.25) is 0 Å². The number of fused-ring (bicyclic) bond motifs is 1. The Morgan fingerprint density at radius 2 is 1.95 bits per heavy atom. The van der Waals surface area contributed by atoms with Crippen molar-refractivity contribution in [3.05, 3.63) is 0 Å². The normalized spacial score (nSPS) is 36.9. The van der Waals surface area contributed by atoms with Gasteiger partial charge >= 0.3 is 0 Å². The van der Waals surface area contributed by atoms with E-state index in [0.717, 1.165) is 6.42 Å². The quantitative estimate of drug-likeness (QED) is 0.809. The molecule has 0 aliphatic heterocycles. The Kier molecular flexibility index (Phi) is 4.24. The summed E-state index contributed by atoms with van der Waals surface area (Å²) >= 11 is 0. The number of aliphatic hydroxyl groups excluding tert-OH is 1. The molecule has 2 fully saturated rings. The van der Waals surface area contributed by atoms with Gasteiger partial charge in [0.05, 0.1) is 12.2 Å². The van der Waals surface area contributed by atoms with E-state index in [9.17, 15) is 9.90 Å². The predicted molar refractivity (Wildman–Crippen MR) is 78.5 cm³/mol. The van der Waals surface area contributed by atoms with Gasteiger partial charge in [-0.3, -0.25) is 4.79 Å². The molecule has 2 saturated carbocycles. The number of Topliss-reactive ketones (excluding diaryl/α,β-unsaturated/α-hetero) is 1. The van der Waals surface area contributed by atoms with Gasteiger partial charge in [0.25, 0.3) is 0 Å². The van der Waals surface area contributed by atoms with Crippen LogP contribution in [0.3, 0.4) is 0 Å². The number of hydrogen-bond donors (Lipinski definition) is 1. The molecule has 0 spiro atoms. The zero-order chi connectivity index (χ0) is 14.4. The number of carbonyl (C=O) groups is 1. The van der Waals surface area contributed by atoms with E-state index in [1.165, 1.54) is 0 Å². The van der Waals surface area contributed by atoms with Crippen LogP contribution < -0.4 is 0 Å². The smallest absolute Gasteiger partial charge is 0.171 e. The van der Waals surface area contributed by atoms with Gasteiger partial charge in [0.1, 0.15) is 5.78 Å². The Balaban J connectivity index is 2.22. The van der Waals surface area contributed by atoms with Gasteiger partial charge in [-0.05, 0) is 36.8 Å². The maximum Gasteiger partial charge on any atom is 0.171 e. The average Bonchev–Trinajstić information content (AvgIpc) is 2.68. The van der Waals surface area contributed by atoms with Crippen LogP contribution in [-0.4, -0.2) is 32.1 Å². The summed E-state index contributed by atoms with van der Waals surface area (Å²) in [6.07, 6.45) is 1.91. The monoisotopic (exact) mass is 284 g/mol. The van der Waals surface area contributed by atoms with Gasteiger partial charge in [-0.1, -0.05) is 20.8 Å². The lowest BCUT2D eigenvalue weighted by Crippen LogP contribution is -2.44. The summed E-state index contributed by atoms with van der Waals surface area (Å²) < 4.78 is 6.28. The van der Waals surface area contributed by atoms with Crippen LogP contribution in [0.5, 0.6) is 0 Å². The van der Waals surface area contributed by atoms with Gasteiger partial charge in [-0.15, -0.1) is 0 Å². The molecule has 2 aliphatic carbocycles. The van der Waals surface area contributed by atoms with Crippen molar-refractivity contribution in [2.45, 2.75) is 65.3 Å². The van der Waals surface area contributed by atoms with E-state index in [4.69, 9.17) is 4.43 Å². The minimum Gasteiger partial charge on any atom is -0.417 e. The van der Waals surface area contributed by atoms with Crippen LogP contribution in [0.25, 0.3) is 0 Å². The Hall–Kier alpha value is -0.193. The molecule has 5 atom stereocenters. The molecule has 0 amide bonds. The fourth-order valence-corrected chi connectivity index (χ4v) is 5.19. The molecule has 2 aliphatic rings. The number of ketones is 1. The average molecular weight is 284 g/mol. The summed E-state index contributed by atoms with van der Waals surface area (Å²) in [5, 5.41) is 10.5. The molecule has 0 heterocycles. The molecule has 110 valence electrons. The fraction of sp³-hybridized carbons (Fsp3) is 0.933. The molecule has 0 aromatic rings.